The second kappa shape index (κ2) is 5.59. The molecular formula is C15H11F3N4O2. The largest absolute Gasteiger partial charge is 0.417 e. The molecule has 0 fully saturated rings. The van der Waals surface area contributed by atoms with Crippen molar-refractivity contribution in [2.24, 2.45) is 0 Å². The third-order valence-electron chi connectivity index (χ3n) is 3.59. The number of hydrogen-bond donors (Lipinski definition) is 0. The number of alkyl halides is 3. The molecule has 0 unspecified atom stereocenters. The summed E-state index contributed by atoms with van der Waals surface area (Å²) in [6, 6.07) is 6.81. The normalized spacial score (nSPS) is 11.8. The Bertz CT molecular complexity index is 917. The van der Waals surface area contributed by atoms with E-state index in [4.69, 9.17) is 0 Å². The number of aromatic nitrogens is 3. The van der Waals surface area contributed by atoms with Gasteiger partial charge in [0, 0.05) is 12.3 Å². The molecule has 6 nitrogen and oxygen atoms in total. The van der Waals surface area contributed by atoms with Gasteiger partial charge in [-0.1, -0.05) is 6.07 Å². The highest BCUT2D eigenvalue weighted by Crippen LogP contribution is 2.30. The van der Waals surface area contributed by atoms with Crippen LogP contribution in [0.5, 0.6) is 0 Å². The van der Waals surface area contributed by atoms with Gasteiger partial charge in [-0.3, -0.25) is 19.8 Å². The zero-order valence-corrected chi connectivity index (χ0v) is 12.4. The number of rotatable bonds is 3. The summed E-state index contributed by atoms with van der Waals surface area (Å²) in [5.41, 5.74) is 0.492. The molecule has 0 aliphatic rings. The summed E-state index contributed by atoms with van der Waals surface area (Å²) in [6.45, 7) is 1.76. The molecule has 0 saturated heterocycles. The van der Waals surface area contributed by atoms with Crippen molar-refractivity contribution in [3.05, 3.63) is 63.6 Å². The van der Waals surface area contributed by atoms with Crippen LogP contribution < -0.4 is 0 Å². The van der Waals surface area contributed by atoms with Crippen LogP contribution in [0, 0.1) is 17.0 Å². The molecule has 124 valence electrons. The molecular weight excluding hydrogens is 325 g/mol. The maximum absolute atomic E-state index is 12.6. The first-order valence-electron chi connectivity index (χ1n) is 6.90. The minimum Gasteiger partial charge on any atom is -0.259 e. The van der Waals surface area contributed by atoms with E-state index in [1.54, 1.807) is 13.0 Å². The van der Waals surface area contributed by atoms with Crippen LogP contribution in [0.4, 0.5) is 18.9 Å². The third-order valence-corrected chi connectivity index (χ3v) is 3.59. The molecule has 3 aromatic rings. The summed E-state index contributed by atoms with van der Waals surface area (Å²) in [4.78, 5) is 14.4. The van der Waals surface area contributed by atoms with Gasteiger partial charge in [-0.25, -0.2) is 0 Å². The van der Waals surface area contributed by atoms with E-state index in [2.05, 4.69) is 10.1 Å². The SMILES string of the molecule is Cc1nn(Cc2ccc(C(F)(F)F)cn2)c2cccc([N+](=O)[O-])c12. The Morgan fingerprint density at radius 2 is 2.00 bits per heavy atom. The summed E-state index contributed by atoms with van der Waals surface area (Å²) in [5, 5.41) is 15.8. The van der Waals surface area contributed by atoms with Crippen molar-refractivity contribution in [1.29, 1.82) is 0 Å². The predicted molar refractivity (Wildman–Crippen MR) is 79.5 cm³/mol. The first-order chi connectivity index (χ1) is 11.3. The zero-order chi connectivity index (χ0) is 17.5. The number of benzene rings is 1. The second-order valence-electron chi connectivity index (χ2n) is 5.21. The smallest absolute Gasteiger partial charge is 0.259 e. The number of fused-ring (bicyclic) bond motifs is 1. The molecule has 0 N–H and O–H groups in total. The van der Waals surface area contributed by atoms with Crippen molar-refractivity contribution < 1.29 is 18.1 Å². The number of nitro groups is 1. The highest BCUT2D eigenvalue weighted by Gasteiger charge is 2.30. The van der Waals surface area contributed by atoms with E-state index in [0.717, 1.165) is 12.3 Å². The molecule has 0 radical (unpaired) electrons. The highest BCUT2D eigenvalue weighted by molar-refractivity contribution is 5.90. The number of aryl methyl sites for hydroxylation is 1. The van der Waals surface area contributed by atoms with E-state index in [-0.39, 0.29) is 12.2 Å². The minimum atomic E-state index is -4.44. The van der Waals surface area contributed by atoms with Gasteiger partial charge >= 0.3 is 6.18 Å². The summed E-state index contributed by atoms with van der Waals surface area (Å²) >= 11 is 0. The molecule has 2 aromatic heterocycles. The molecule has 2 heterocycles. The molecule has 0 aliphatic heterocycles. The molecule has 0 atom stereocenters. The van der Waals surface area contributed by atoms with E-state index in [1.807, 2.05) is 0 Å². The van der Waals surface area contributed by atoms with E-state index >= 15 is 0 Å². The number of nitrogens with zero attached hydrogens (tertiary/aromatic N) is 4. The number of non-ortho nitro benzene ring substituents is 1. The van der Waals surface area contributed by atoms with Crippen molar-refractivity contribution in [2.75, 3.05) is 0 Å². The summed E-state index contributed by atoms with van der Waals surface area (Å²) in [6.07, 6.45) is -3.68. The van der Waals surface area contributed by atoms with Gasteiger partial charge in [0.05, 0.1) is 33.9 Å². The molecule has 0 aliphatic carbocycles. The maximum Gasteiger partial charge on any atom is 0.417 e. The van der Waals surface area contributed by atoms with Gasteiger partial charge in [-0.2, -0.15) is 18.3 Å². The summed E-state index contributed by atoms with van der Waals surface area (Å²) in [7, 11) is 0. The summed E-state index contributed by atoms with van der Waals surface area (Å²) in [5.74, 6) is 0. The predicted octanol–water partition coefficient (Wildman–Crippen LogP) is 3.72. The first-order valence-corrected chi connectivity index (χ1v) is 6.90. The molecule has 0 bridgehead atoms. The Labute approximate surface area is 133 Å². The fourth-order valence-corrected chi connectivity index (χ4v) is 2.51. The Hall–Kier alpha value is -2.97. The van der Waals surface area contributed by atoms with Crippen LogP contribution in [-0.4, -0.2) is 19.7 Å². The lowest BCUT2D eigenvalue weighted by atomic mass is 10.2. The van der Waals surface area contributed by atoms with E-state index < -0.39 is 16.7 Å². The number of pyridine rings is 1. The molecule has 0 spiro atoms. The van der Waals surface area contributed by atoms with E-state index in [0.29, 0.717) is 22.3 Å². The zero-order valence-electron chi connectivity index (χ0n) is 12.4. The number of hydrogen-bond acceptors (Lipinski definition) is 4. The monoisotopic (exact) mass is 336 g/mol. The Balaban J connectivity index is 1.99. The van der Waals surface area contributed by atoms with Crippen molar-refractivity contribution in [3.8, 4) is 0 Å². The molecule has 0 saturated carbocycles. The first kappa shape index (κ1) is 15.9. The molecule has 9 heteroatoms. The van der Waals surface area contributed by atoms with Crippen molar-refractivity contribution in [3.63, 3.8) is 0 Å². The molecule has 3 rings (SSSR count). The van der Waals surface area contributed by atoms with Crippen LogP contribution in [0.25, 0.3) is 10.9 Å². The fourth-order valence-electron chi connectivity index (χ4n) is 2.51. The van der Waals surface area contributed by atoms with Gasteiger partial charge in [-0.15, -0.1) is 0 Å². The summed E-state index contributed by atoms with van der Waals surface area (Å²) < 4.78 is 39.2. The van der Waals surface area contributed by atoms with Crippen LogP contribution >= 0.6 is 0 Å². The minimum absolute atomic E-state index is 0.0587. The fraction of sp³-hybridized carbons (Fsp3) is 0.200. The topological polar surface area (TPSA) is 73.8 Å². The maximum atomic E-state index is 12.6. The number of halogens is 3. The van der Waals surface area contributed by atoms with E-state index in [9.17, 15) is 23.3 Å². The molecule has 0 amide bonds. The Morgan fingerprint density at radius 3 is 2.58 bits per heavy atom. The average molecular weight is 336 g/mol. The van der Waals surface area contributed by atoms with Crippen LogP contribution in [-0.2, 0) is 12.7 Å². The molecule has 1 aromatic carbocycles. The quantitative estimate of drug-likeness (QED) is 0.540. The van der Waals surface area contributed by atoms with Crippen molar-refractivity contribution in [1.82, 2.24) is 14.8 Å². The number of nitro benzene ring substituents is 1. The van der Waals surface area contributed by atoms with E-state index in [1.165, 1.54) is 22.9 Å². The lowest BCUT2D eigenvalue weighted by molar-refractivity contribution is -0.383. The van der Waals surface area contributed by atoms with Crippen LogP contribution in [0.2, 0.25) is 0 Å². The van der Waals surface area contributed by atoms with Crippen LogP contribution in [0.3, 0.4) is 0 Å². The van der Waals surface area contributed by atoms with Crippen molar-refractivity contribution >= 4 is 16.6 Å². The molecule has 24 heavy (non-hydrogen) atoms. The second-order valence-corrected chi connectivity index (χ2v) is 5.21. The lowest BCUT2D eigenvalue weighted by Gasteiger charge is -2.07. The lowest BCUT2D eigenvalue weighted by Crippen LogP contribution is -2.08. The van der Waals surface area contributed by atoms with Gasteiger partial charge < -0.3 is 0 Å². The van der Waals surface area contributed by atoms with Gasteiger partial charge in [0.1, 0.15) is 5.39 Å². The van der Waals surface area contributed by atoms with Crippen molar-refractivity contribution in [2.45, 2.75) is 19.6 Å². The highest BCUT2D eigenvalue weighted by atomic mass is 19.4. The van der Waals surface area contributed by atoms with Crippen LogP contribution in [0.15, 0.2) is 36.5 Å². The van der Waals surface area contributed by atoms with Gasteiger partial charge in [0.15, 0.2) is 0 Å². The Morgan fingerprint density at radius 1 is 1.25 bits per heavy atom. The average Bonchev–Trinajstić information content (AvgIpc) is 2.83. The van der Waals surface area contributed by atoms with Gasteiger partial charge in [0.2, 0.25) is 0 Å². The van der Waals surface area contributed by atoms with Gasteiger partial charge in [0.25, 0.3) is 5.69 Å². The third kappa shape index (κ3) is 2.80. The Kier molecular flexibility index (Phi) is 3.70. The van der Waals surface area contributed by atoms with Crippen LogP contribution in [0.1, 0.15) is 17.0 Å². The standard InChI is InChI=1S/C15H11F3N4O2/c1-9-14-12(3-2-4-13(14)22(23)24)21(20-9)8-11-6-5-10(7-19-11)15(16,17)18/h2-7H,8H2,1H3. The van der Waals surface area contributed by atoms with Gasteiger partial charge in [-0.05, 0) is 25.1 Å².